The van der Waals surface area contributed by atoms with Gasteiger partial charge in [-0.2, -0.15) is 0 Å². The van der Waals surface area contributed by atoms with Crippen LogP contribution >= 0.6 is 34.9 Å². The van der Waals surface area contributed by atoms with Crippen LogP contribution in [0.1, 0.15) is 4.88 Å². The molecular weight excluding hydrogens is 635 g/mol. The highest BCUT2D eigenvalue weighted by Crippen LogP contribution is 2.50. The van der Waals surface area contributed by atoms with Gasteiger partial charge in [-0.25, -0.2) is 14.5 Å². The molecule has 0 spiro atoms. The van der Waals surface area contributed by atoms with Crippen LogP contribution in [0.3, 0.4) is 0 Å². The van der Waals surface area contributed by atoms with Crippen LogP contribution < -0.4 is 20.0 Å². The van der Waals surface area contributed by atoms with Crippen molar-refractivity contribution in [2.45, 2.75) is 27.6 Å². The summed E-state index contributed by atoms with van der Waals surface area (Å²) in [7, 11) is 7.79. The lowest BCUT2D eigenvalue weighted by molar-refractivity contribution is -0.150. The van der Waals surface area contributed by atoms with Gasteiger partial charge in [0.2, 0.25) is 5.91 Å². The van der Waals surface area contributed by atoms with E-state index < -0.39 is 29.4 Å². The number of ether oxygens (including phenoxy) is 1. The molecule has 6 rings (SSSR count). The van der Waals surface area contributed by atoms with E-state index in [2.05, 4.69) is 5.32 Å². The molecule has 0 bridgehead atoms. The Bertz CT molecular complexity index is 1670. The number of amides is 3. The number of hydrogen-bond acceptors (Lipinski definition) is 10. The lowest BCUT2D eigenvalue weighted by atomic mass is 10.0. The normalized spacial score (nSPS) is 18.4. The van der Waals surface area contributed by atoms with Crippen molar-refractivity contribution in [2.24, 2.45) is 0 Å². The van der Waals surface area contributed by atoms with Crippen molar-refractivity contribution >= 4 is 81.5 Å². The predicted molar refractivity (Wildman–Crippen MR) is 177 cm³/mol. The quantitative estimate of drug-likeness (QED) is 0.330. The molecule has 3 amide bonds. The van der Waals surface area contributed by atoms with Crippen LogP contribution in [-0.2, 0) is 25.5 Å². The molecule has 4 heterocycles. The maximum absolute atomic E-state index is 13.8. The number of thiophene rings is 1. The average molecular weight is 666 g/mol. The number of rotatable bonds is 8. The molecule has 45 heavy (non-hydrogen) atoms. The minimum Gasteiger partial charge on any atom is -0.477 e. The molecule has 234 valence electrons. The zero-order valence-corrected chi connectivity index (χ0v) is 27.4. The Balaban J connectivity index is 1.22. The molecule has 11 nitrogen and oxygen atoms in total. The topological polar surface area (TPSA) is 123 Å². The van der Waals surface area contributed by atoms with Crippen LogP contribution in [0.25, 0.3) is 0 Å². The second kappa shape index (κ2) is 12.3. The summed E-state index contributed by atoms with van der Waals surface area (Å²) in [4.78, 5) is 61.1. The first-order chi connectivity index (χ1) is 21.5. The van der Waals surface area contributed by atoms with Crippen molar-refractivity contribution < 1.29 is 29.0 Å². The molecule has 0 unspecified atom stereocenters. The van der Waals surface area contributed by atoms with Crippen molar-refractivity contribution in [3.63, 3.8) is 0 Å². The number of benzene rings is 2. The molecule has 1 fully saturated rings. The summed E-state index contributed by atoms with van der Waals surface area (Å²) >= 11 is 4.34. The Morgan fingerprint density at radius 3 is 2.20 bits per heavy atom. The number of anilines is 4. The number of nitrogens with zero attached hydrogens (tertiary/aromatic N) is 4. The van der Waals surface area contributed by atoms with Crippen LogP contribution in [0.5, 0.6) is 0 Å². The van der Waals surface area contributed by atoms with Gasteiger partial charge in [0.15, 0.2) is 0 Å². The number of carbonyl (C=O) groups excluding carboxylic acids is 3. The van der Waals surface area contributed by atoms with Gasteiger partial charge >= 0.3 is 12.1 Å². The smallest absolute Gasteiger partial charge is 0.419 e. The van der Waals surface area contributed by atoms with E-state index in [0.29, 0.717) is 16.9 Å². The zero-order valence-electron chi connectivity index (χ0n) is 25.0. The number of carboxylic acids is 1. The summed E-state index contributed by atoms with van der Waals surface area (Å²) in [6, 6.07) is 14.5. The van der Waals surface area contributed by atoms with Crippen molar-refractivity contribution in [3.05, 3.63) is 70.1 Å². The van der Waals surface area contributed by atoms with Crippen LogP contribution in [0.4, 0.5) is 27.5 Å². The van der Waals surface area contributed by atoms with Crippen LogP contribution in [0.2, 0.25) is 0 Å². The Morgan fingerprint density at radius 2 is 1.64 bits per heavy atom. The molecule has 3 aliphatic rings. The van der Waals surface area contributed by atoms with E-state index >= 15 is 0 Å². The number of carboxylic acid groups (broad SMARTS) is 1. The second-order valence-electron chi connectivity index (χ2n) is 11.1. The van der Waals surface area contributed by atoms with Gasteiger partial charge < -0.3 is 25.0 Å². The van der Waals surface area contributed by atoms with Crippen LogP contribution in [-0.4, -0.2) is 85.8 Å². The minimum atomic E-state index is -1.29. The highest BCUT2D eigenvalue weighted by Gasteiger charge is 2.54. The van der Waals surface area contributed by atoms with Gasteiger partial charge in [-0.15, -0.1) is 23.1 Å². The van der Waals surface area contributed by atoms with E-state index in [9.17, 15) is 24.3 Å². The second-order valence-corrected chi connectivity index (χ2v) is 14.3. The number of nitrogens with one attached hydrogen (secondary N) is 1. The number of β-lactam (4-membered cyclic amide) rings is 1. The highest BCUT2D eigenvalue weighted by atomic mass is 32.2. The first-order valence-electron chi connectivity index (χ1n) is 14.0. The van der Waals surface area contributed by atoms with Crippen LogP contribution in [0.15, 0.2) is 75.0 Å². The Labute approximate surface area is 272 Å². The maximum atomic E-state index is 13.8. The molecule has 1 saturated heterocycles. The first-order valence-corrected chi connectivity index (χ1v) is 16.8. The molecule has 1 aromatic heterocycles. The highest BCUT2D eigenvalue weighted by molar-refractivity contribution is 8.00. The molecule has 2 aromatic carbocycles. The molecule has 0 aliphatic carbocycles. The average Bonchev–Trinajstić information content (AvgIpc) is 3.52. The SMILES string of the molecule is CN(C)c1ccc2c(c1)Sc1cc(N(C)C)ccc1N2C(=O)OCC1=C(C(=O)O)N2C(=O)[C@@H](NC(=O)Cc3cccs3)[C@H]2SC1. The fourth-order valence-electron chi connectivity index (χ4n) is 5.34. The van der Waals surface area contributed by atoms with Gasteiger partial charge in [-0.1, -0.05) is 17.8 Å². The summed E-state index contributed by atoms with van der Waals surface area (Å²) in [5.41, 5.74) is 3.38. The lowest BCUT2D eigenvalue weighted by Gasteiger charge is -2.49. The van der Waals surface area contributed by atoms with E-state index in [4.69, 9.17) is 4.74 Å². The molecule has 0 radical (unpaired) electrons. The van der Waals surface area contributed by atoms with Crippen molar-refractivity contribution in [3.8, 4) is 0 Å². The molecule has 3 aromatic rings. The first kappa shape index (κ1) is 30.9. The third kappa shape index (κ3) is 5.85. The Kier molecular flexibility index (Phi) is 8.46. The fourth-order valence-corrected chi connectivity index (χ4v) is 8.50. The van der Waals surface area contributed by atoms with Gasteiger partial charge in [0.1, 0.15) is 23.7 Å². The van der Waals surface area contributed by atoms with E-state index in [1.54, 1.807) is 11.8 Å². The Hall–Kier alpha value is -4.14. The largest absolute Gasteiger partial charge is 0.477 e. The van der Waals surface area contributed by atoms with E-state index in [1.807, 2.05) is 91.9 Å². The number of carbonyl (C=O) groups is 4. The summed E-state index contributed by atoms with van der Waals surface area (Å²) in [6.07, 6.45) is -0.512. The van der Waals surface area contributed by atoms with E-state index in [-0.39, 0.29) is 30.4 Å². The van der Waals surface area contributed by atoms with Gasteiger partial charge in [-0.05, 0) is 47.8 Å². The summed E-state index contributed by atoms with van der Waals surface area (Å²) in [5, 5.41) is 14.2. The molecule has 14 heteroatoms. The van der Waals surface area contributed by atoms with E-state index in [1.165, 1.54) is 32.9 Å². The Morgan fingerprint density at radius 1 is 1.00 bits per heavy atom. The summed E-state index contributed by atoms with van der Waals surface area (Å²) in [5.74, 6) is -1.87. The zero-order chi connectivity index (χ0) is 32.0. The minimum absolute atomic E-state index is 0.149. The molecule has 3 aliphatic heterocycles. The monoisotopic (exact) mass is 665 g/mol. The number of aliphatic carboxylic acids is 1. The van der Waals surface area contributed by atoms with Crippen LogP contribution in [0, 0.1) is 0 Å². The van der Waals surface area contributed by atoms with Gasteiger partial charge in [0, 0.05) is 65.6 Å². The molecular formula is C31H31N5O6S3. The molecule has 0 saturated carbocycles. The standard InChI is InChI=1S/C31H31N5O6S3/c1-33(2)18-7-9-21-23(12-18)45-24-13-19(34(3)4)8-10-22(24)35(21)31(41)42-15-17-16-44-29-26(28(38)36(29)27(17)30(39)40)32-25(37)14-20-6-5-11-43-20/h5-13,26,29H,14-16H2,1-4H3,(H,32,37)(H,39,40)/t26-,29-/m1/s1. The lowest BCUT2D eigenvalue weighted by Crippen LogP contribution is -2.70. The molecule has 2 N–H and O–H groups in total. The van der Waals surface area contributed by atoms with Gasteiger partial charge in [-0.3, -0.25) is 14.5 Å². The third-order valence-electron chi connectivity index (χ3n) is 7.65. The number of thioether (sulfide) groups is 1. The van der Waals surface area contributed by atoms with Crippen molar-refractivity contribution in [1.29, 1.82) is 0 Å². The van der Waals surface area contributed by atoms with Crippen molar-refractivity contribution in [1.82, 2.24) is 10.2 Å². The number of hydrogen-bond donors (Lipinski definition) is 2. The summed E-state index contributed by atoms with van der Waals surface area (Å²) in [6.45, 7) is -0.306. The third-order valence-corrected chi connectivity index (χ3v) is 11.0. The molecule has 2 atom stereocenters. The van der Waals surface area contributed by atoms with Crippen molar-refractivity contribution in [2.75, 3.05) is 55.3 Å². The maximum Gasteiger partial charge on any atom is 0.419 e. The predicted octanol–water partition coefficient (Wildman–Crippen LogP) is 4.60. The van der Waals surface area contributed by atoms with Gasteiger partial charge in [0.05, 0.1) is 17.8 Å². The summed E-state index contributed by atoms with van der Waals surface area (Å²) < 4.78 is 5.78. The van der Waals surface area contributed by atoms with Gasteiger partial charge in [0.25, 0.3) is 5.91 Å². The van der Waals surface area contributed by atoms with E-state index in [0.717, 1.165) is 26.0 Å². The number of fused-ring (bicyclic) bond motifs is 3. The fraction of sp³-hybridized carbons (Fsp3) is 0.290.